The standard InChI is InChI=1S/C15H13BrN2O/c1-2-9-3-4-10(7-12(9)16)15-18-13-8-11(17)5-6-14(13)19-15/h3-8H,2,17H2,1H3. The molecule has 2 aromatic carbocycles. The fraction of sp³-hybridized carbons (Fsp3) is 0.133. The average Bonchev–Trinajstić information content (AvgIpc) is 2.81. The van der Waals surface area contributed by atoms with Gasteiger partial charge in [-0.15, -0.1) is 0 Å². The van der Waals surface area contributed by atoms with Gasteiger partial charge in [0, 0.05) is 15.7 Å². The maximum Gasteiger partial charge on any atom is 0.227 e. The van der Waals surface area contributed by atoms with Crippen LogP contribution in [0.15, 0.2) is 45.3 Å². The number of hydrogen-bond acceptors (Lipinski definition) is 3. The van der Waals surface area contributed by atoms with Crippen molar-refractivity contribution in [3.63, 3.8) is 0 Å². The van der Waals surface area contributed by atoms with E-state index in [1.165, 1.54) is 5.56 Å². The highest BCUT2D eigenvalue weighted by atomic mass is 79.9. The van der Waals surface area contributed by atoms with E-state index in [0.717, 1.165) is 27.6 Å². The molecule has 0 saturated heterocycles. The minimum atomic E-state index is 0.615. The Morgan fingerprint density at radius 3 is 2.79 bits per heavy atom. The maximum absolute atomic E-state index is 5.75. The zero-order valence-electron chi connectivity index (χ0n) is 10.5. The summed E-state index contributed by atoms with van der Waals surface area (Å²) in [5.74, 6) is 0.615. The zero-order chi connectivity index (χ0) is 13.4. The molecule has 1 heterocycles. The van der Waals surface area contributed by atoms with Crippen molar-refractivity contribution in [2.45, 2.75) is 13.3 Å². The first-order chi connectivity index (χ1) is 9.17. The van der Waals surface area contributed by atoms with Crippen LogP contribution in [0.5, 0.6) is 0 Å². The predicted octanol–water partition coefficient (Wildman–Crippen LogP) is 4.40. The van der Waals surface area contributed by atoms with E-state index in [0.29, 0.717) is 11.6 Å². The van der Waals surface area contributed by atoms with Gasteiger partial charge in [0.2, 0.25) is 5.89 Å². The number of halogens is 1. The molecule has 3 aromatic rings. The summed E-state index contributed by atoms with van der Waals surface area (Å²) in [6.07, 6.45) is 0.991. The number of anilines is 1. The van der Waals surface area contributed by atoms with Crippen molar-refractivity contribution in [1.29, 1.82) is 0 Å². The number of hydrogen-bond donors (Lipinski definition) is 1. The summed E-state index contributed by atoms with van der Waals surface area (Å²) in [7, 11) is 0. The number of nitrogen functional groups attached to an aromatic ring is 1. The largest absolute Gasteiger partial charge is 0.436 e. The van der Waals surface area contributed by atoms with E-state index in [1.54, 1.807) is 0 Å². The summed E-state index contributed by atoms with van der Waals surface area (Å²) in [5, 5.41) is 0. The summed E-state index contributed by atoms with van der Waals surface area (Å²) < 4.78 is 6.83. The van der Waals surface area contributed by atoms with Gasteiger partial charge in [0.15, 0.2) is 5.58 Å². The van der Waals surface area contributed by atoms with Crippen LogP contribution >= 0.6 is 15.9 Å². The summed E-state index contributed by atoms with van der Waals surface area (Å²) in [5.41, 5.74) is 10.2. The molecule has 4 heteroatoms. The summed E-state index contributed by atoms with van der Waals surface area (Å²) in [6.45, 7) is 2.13. The van der Waals surface area contributed by atoms with Crippen LogP contribution in [-0.2, 0) is 6.42 Å². The van der Waals surface area contributed by atoms with Gasteiger partial charge in [0.1, 0.15) is 5.52 Å². The van der Waals surface area contributed by atoms with Crippen LogP contribution in [-0.4, -0.2) is 4.98 Å². The monoisotopic (exact) mass is 316 g/mol. The molecule has 3 nitrogen and oxygen atoms in total. The Kier molecular flexibility index (Phi) is 3.03. The van der Waals surface area contributed by atoms with Crippen LogP contribution in [0.25, 0.3) is 22.6 Å². The van der Waals surface area contributed by atoms with E-state index in [9.17, 15) is 0 Å². The second-order valence-electron chi connectivity index (χ2n) is 4.41. The van der Waals surface area contributed by atoms with Crippen molar-refractivity contribution in [1.82, 2.24) is 4.98 Å². The smallest absolute Gasteiger partial charge is 0.227 e. The second kappa shape index (κ2) is 4.70. The number of benzene rings is 2. The van der Waals surface area contributed by atoms with Gasteiger partial charge in [-0.1, -0.05) is 28.9 Å². The number of nitrogens with zero attached hydrogens (tertiary/aromatic N) is 1. The van der Waals surface area contributed by atoms with Gasteiger partial charge in [0.05, 0.1) is 0 Å². The van der Waals surface area contributed by atoms with E-state index in [4.69, 9.17) is 10.2 Å². The molecule has 0 saturated carbocycles. The third-order valence-electron chi connectivity index (χ3n) is 3.09. The van der Waals surface area contributed by atoms with Crippen LogP contribution in [0, 0.1) is 0 Å². The summed E-state index contributed by atoms with van der Waals surface area (Å²) in [4.78, 5) is 4.47. The molecule has 0 bridgehead atoms. The number of oxazole rings is 1. The first kappa shape index (κ1) is 12.2. The Bertz CT molecular complexity index is 749. The van der Waals surface area contributed by atoms with Crippen LogP contribution < -0.4 is 5.73 Å². The number of rotatable bonds is 2. The fourth-order valence-electron chi connectivity index (χ4n) is 2.04. The third-order valence-corrected chi connectivity index (χ3v) is 3.83. The molecule has 0 aliphatic rings. The Labute approximate surface area is 119 Å². The first-order valence-electron chi connectivity index (χ1n) is 6.12. The van der Waals surface area contributed by atoms with E-state index in [2.05, 4.69) is 33.9 Å². The molecule has 2 N–H and O–H groups in total. The van der Waals surface area contributed by atoms with Crippen molar-refractivity contribution in [3.05, 3.63) is 46.4 Å². The third kappa shape index (κ3) is 2.24. The van der Waals surface area contributed by atoms with Crippen molar-refractivity contribution in [2.24, 2.45) is 0 Å². The number of aryl methyl sites for hydroxylation is 1. The Morgan fingerprint density at radius 1 is 1.21 bits per heavy atom. The number of aromatic nitrogens is 1. The van der Waals surface area contributed by atoms with Crippen molar-refractivity contribution >= 4 is 32.7 Å². The van der Waals surface area contributed by atoms with E-state index < -0.39 is 0 Å². The topological polar surface area (TPSA) is 52.0 Å². The lowest BCUT2D eigenvalue weighted by molar-refractivity contribution is 0.620. The van der Waals surface area contributed by atoms with E-state index in [-0.39, 0.29) is 0 Å². The molecule has 0 atom stereocenters. The molecule has 3 rings (SSSR count). The zero-order valence-corrected chi connectivity index (χ0v) is 12.1. The molecule has 0 aliphatic carbocycles. The summed E-state index contributed by atoms with van der Waals surface area (Å²) >= 11 is 3.57. The molecule has 0 spiro atoms. The lowest BCUT2D eigenvalue weighted by Gasteiger charge is -2.02. The van der Waals surface area contributed by atoms with Crippen molar-refractivity contribution < 1.29 is 4.42 Å². The number of fused-ring (bicyclic) bond motifs is 1. The molecule has 0 amide bonds. The Hall–Kier alpha value is -1.81. The first-order valence-corrected chi connectivity index (χ1v) is 6.91. The lowest BCUT2D eigenvalue weighted by Crippen LogP contribution is -1.84. The van der Waals surface area contributed by atoms with Crippen molar-refractivity contribution in [3.8, 4) is 11.5 Å². The van der Waals surface area contributed by atoms with E-state index in [1.807, 2.05) is 30.3 Å². The molecule has 0 radical (unpaired) electrons. The van der Waals surface area contributed by atoms with Crippen LogP contribution in [0.2, 0.25) is 0 Å². The Balaban J connectivity index is 2.11. The molecule has 96 valence electrons. The normalized spacial score (nSPS) is 11.1. The molecule has 0 aliphatic heterocycles. The van der Waals surface area contributed by atoms with Gasteiger partial charge in [-0.2, -0.15) is 0 Å². The van der Waals surface area contributed by atoms with Gasteiger partial charge in [-0.05, 0) is 42.3 Å². The Morgan fingerprint density at radius 2 is 2.05 bits per heavy atom. The van der Waals surface area contributed by atoms with Crippen LogP contribution in [0.4, 0.5) is 5.69 Å². The minimum Gasteiger partial charge on any atom is -0.436 e. The van der Waals surface area contributed by atoms with Gasteiger partial charge in [-0.3, -0.25) is 0 Å². The van der Waals surface area contributed by atoms with Gasteiger partial charge in [-0.25, -0.2) is 4.98 Å². The lowest BCUT2D eigenvalue weighted by atomic mass is 10.1. The molecule has 0 unspecified atom stereocenters. The van der Waals surface area contributed by atoms with Crippen LogP contribution in [0.3, 0.4) is 0 Å². The highest BCUT2D eigenvalue weighted by Crippen LogP contribution is 2.29. The average molecular weight is 317 g/mol. The maximum atomic E-state index is 5.75. The quantitative estimate of drug-likeness (QED) is 0.713. The summed E-state index contributed by atoms with van der Waals surface area (Å²) in [6, 6.07) is 11.6. The highest BCUT2D eigenvalue weighted by Gasteiger charge is 2.09. The fourth-order valence-corrected chi connectivity index (χ4v) is 2.69. The van der Waals surface area contributed by atoms with Gasteiger partial charge in [0.25, 0.3) is 0 Å². The van der Waals surface area contributed by atoms with Crippen molar-refractivity contribution in [2.75, 3.05) is 5.73 Å². The second-order valence-corrected chi connectivity index (χ2v) is 5.26. The molecular weight excluding hydrogens is 304 g/mol. The number of nitrogens with two attached hydrogens (primary N) is 1. The molecule has 19 heavy (non-hydrogen) atoms. The molecule has 0 fully saturated rings. The van der Waals surface area contributed by atoms with Gasteiger partial charge < -0.3 is 10.2 Å². The highest BCUT2D eigenvalue weighted by molar-refractivity contribution is 9.10. The van der Waals surface area contributed by atoms with E-state index >= 15 is 0 Å². The minimum absolute atomic E-state index is 0.615. The molecule has 1 aromatic heterocycles. The van der Waals surface area contributed by atoms with Crippen LogP contribution in [0.1, 0.15) is 12.5 Å². The van der Waals surface area contributed by atoms with Gasteiger partial charge >= 0.3 is 0 Å². The SMILES string of the molecule is CCc1ccc(-c2nc3cc(N)ccc3o2)cc1Br. The predicted molar refractivity (Wildman–Crippen MR) is 80.9 cm³/mol. The molecular formula is C15H13BrN2O.